The standard InChI is InChI=1S/C20H26N4O2/c1-2-24-17-10-11-23(19(25)12-15-8-9-15)18(20(17)21-22-24)14-26-13-16-6-4-3-5-7-16/h3-7,15,18H,2,8-14H2,1H3. The summed E-state index contributed by atoms with van der Waals surface area (Å²) in [5.41, 5.74) is 3.20. The maximum absolute atomic E-state index is 12.8. The third kappa shape index (κ3) is 3.65. The molecule has 1 fully saturated rings. The lowest BCUT2D eigenvalue weighted by atomic mass is 10.0. The number of hydrogen-bond donors (Lipinski definition) is 0. The minimum atomic E-state index is -0.131. The van der Waals surface area contributed by atoms with E-state index in [-0.39, 0.29) is 11.9 Å². The van der Waals surface area contributed by atoms with Crippen molar-refractivity contribution in [1.29, 1.82) is 0 Å². The molecule has 1 aliphatic carbocycles. The lowest BCUT2D eigenvalue weighted by Gasteiger charge is -2.35. The van der Waals surface area contributed by atoms with E-state index >= 15 is 0 Å². The number of aromatic nitrogens is 3. The van der Waals surface area contributed by atoms with Crippen LogP contribution in [0.15, 0.2) is 30.3 Å². The quantitative estimate of drug-likeness (QED) is 0.767. The lowest BCUT2D eigenvalue weighted by molar-refractivity contribution is -0.136. The number of hydrogen-bond acceptors (Lipinski definition) is 4. The number of benzene rings is 1. The molecule has 6 heteroatoms. The molecule has 1 saturated carbocycles. The van der Waals surface area contributed by atoms with Crippen LogP contribution in [0.25, 0.3) is 0 Å². The van der Waals surface area contributed by atoms with Gasteiger partial charge < -0.3 is 9.64 Å². The average molecular weight is 354 g/mol. The maximum Gasteiger partial charge on any atom is 0.223 e. The molecule has 4 rings (SSSR count). The molecule has 2 aliphatic rings. The van der Waals surface area contributed by atoms with Gasteiger partial charge in [-0.1, -0.05) is 35.5 Å². The van der Waals surface area contributed by atoms with Gasteiger partial charge in [-0.3, -0.25) is 4.79 Å². The first kappa shape index (κ1) is 17.2. The van der Waals surface area contributed by atoms with Crippen LogP contribution in [-0.2, 0) is 29.1 Å². The first-order chi connectivity index (χ1) is 12.8. The van der Waals surface area contributed by atoms with Crippen LogP contribution in [0.4, 0.5) is 0 Å². The molecule has 0 radical (unpaired) electrons. The van der Waals surface area contributed by atoms with Crippen LogP contribution < -0.4 is 0 Å². The summed E-state index contributed by atoms with van der Waals surface area (Å²) in [4.78, 5) is 14.8. The molecule has 1 amide bonds. The highest BCUT2D eigenvalue weighted by molar-refractivity contribution is 5.77. The highest BCUT2D eigenvalue weighted by Gasteiger charge is 2.36. The molecule has 1 aromatic heterocycles. The zero-order valence-electron chi connectivity index (χ0n) is 15.3. The Morgan fingerprint density at radius 3 is 2.81 bits per heavy atom. The predicted octanol–water partition coefficient (Wildman–Crippen LogP) is 2.74. The van der Waals surface area contributed by atoms with Gasteiger partial charge >= 0.3 is 0 Å². The maximum atomic E-state index is 12.8. The molecule has 1 unspecified atom stereocenters. The summed E-state index contributed by atoms with van der Waals surface area (Å²) in [6.07, 6.45) is 3.85. The van der Waals surface area contributed by atoms with E-state index < -0.39 is 0 Å². The molecule has 0 spiro atoms. The minimum absolute atomic E-state index is 0.131. The van der Waals surface area contributed by atoms with Crippen molar-refractivity contribution in [2.45, 2.75) is 51.8 Å². The fourth-order valence-electron chi connectivity index (χ4n) is 3.66. The molecule has 0 bridgehead atoms. The number of ether oxygens (including phenoxy) is 1. The molecule has 1 aromatic carbocycles. The summed E-state index contributed by atoms with van der Waals surface area (Å²) < 4.78 is 7.94. The van der Waals surface area contributed by atoms with Crippen LogP contribution in [-0.4, -0.2) is 39.0 Å². The third-order valence-corrected chi connectivity index (χ3v) is 5.32. The van der Waals surface area contributed by atoms with Gasteiger partial charge in [-0.2, -0.15) is 0 Å². The Labute approximate surface area is 154 Å². The normalized spacial score (nSPS) is 19.4. The van der Waals surface area contributed by atoms with Crippen molar-refractivity contribution in [3.05, 3.63) is 47.3 Å². The first-order valence-electron chi connectivity index (χ1n) is 9.59. The second-order valence-electron chi connectivity index (χ2n) is 7.24. The number of rotatable bonds is 7. The van der Waals surface area contributed by atoms with Crippen molar-refractivity contribution >= 4 is 5.91 Å². The lowest BCUT2D eigenvalue weighted by Crippen LogP contribution is -2.42. The number of nitrogens with zero attached hydrogens (tertiary/aromatic N) is 4. The van der Waals surface area contributed by atoms with E-state index in [1.807, 2.05) is 27.8 Å². The smallest absolute Gasteiger partial charge is 0.223 e. The first-order valence-corrected chi connectivity index (χ1v) is 9.59. The van der Waals surface area contributed by atoms with Crippen LogP contribution >= 0.6 is 0 Å². The highest BCUT2D eigenvalue weighted by atomic mass is 16.5. The molecule has 138 valence electrons. The van der Waals surface area contributed by atoms with E-state index in [1.54, 1.807) is 0 Å². The van der Waals surface area contributed by atoms with Crippen LogP contribution in [0.2, 0.25) is 0 Å². The molecular weight excluding hydrogens is 328 g/mol. The van der Waals surface area contributed by atoms with Gasteiger partial charge in [0.1, 0.15) is 11.7 Å². The van der Waals surface area contributed by atoms with E-state index in [1.165, 1.54) is 12.8 Å². The highest BCUT2D eigenvalue weighted by Crippen LogP contribution is 2.35. The predicted molar refractivity (Wildman–Crippen MR) is 97.3 cm³/mol. The van der Waals surface area contributed by atoms with E-state index in [0.717, 1.165) is 36.5 Å². The Bertz CT molecular complexity index is 754. The monoisotopic (exact) mass is 354 g/mol. The topological polar surface area (TPSA) is 60.2 Å². The van der Waals surface area contributed by atoms with E-state index in [4.69, 9.17) is 4.74 Å². The molecular formula is C20H26N4O2. The van der Waals surface area contributed by atoms with Crippen molar-refractivity contribution < 1.29 is 9.53 Å². The SMILES string of the molecule is CCn1nnc2c1CCN(C(=O)CC1CC1)C2COCc1ccccc1. The number of aryl methyl sites for hydroxylation is 1. The van der Waals surface area contributed by atoms with Crippen LogP contribution in [0.5, 0.6) is 0 Å². The zero-order chi connectivity index (χ0) is 17.9. The summed E-state index contributed by atoms with van der Waals surface area (Å²) in [5, 5.41) is 8.67. The Kier molecular flexibility index (Phi) is 5.02. The van der Waals surface area contributed by atoms with Gasteiger partial charge in [0.25, 0.3) is 0 Å². The molecule has 26 heavy (non-hydrogen) atoms. The van der Waals surface area contributed by atoms with E-state index in [2.05, 4.69) is 29.4 Å². The van der Waals surface area contributed by atoms with Gasteiger partial charge in [0.05, 0.1) is 18.9 Å². The van der Waals surface area contributed by atoms with Crippen molar-refractivity contribution in [3.8, 4) is 0 Å². The summed E-state index contributed by atoms with van der Waals surface area (Å²) in [5.74, 6) is 0.818. The zero-order valence-corrected chi connectivity index (χ0v) is 15.3. The Balaban J connectivity index is 1.49. The summed E-state index contributed by atoms with van der Waals surface area (Å²) in [6.45, 7) is 4.60. The fraction of sp³-hybridized carbons (Fsp3) is 0.550. The third-order valence-electron chi connectivity index (χ3n) is 5.32. The van der Waals surface area contributed by atoms with Gasteiger partial charge in [0, 0.05) is 25.9 Å². The van der Waals surface area contributed by atoms with Crippen molar-refractivity contribution in [3.63, 3.8) is 0 Å². The molecule has 0 saturated heterocycles. The molecule has 1 atom stereocenters. The fourth-order valence-corrected chi connectivity index (χ4v) is 3.66. The van der Waals surface area contributed by atoms with E-state index in [0.29, 0.717) is 25.6 Å². The second-order valence-corrected chi connectivity index (χ2v) is 7.24. The van der Waals surface area contributed by atoms with Crippen molar-refractivity contribution in [2.24, 2.45) is 5.92 Å². The number of carbonyl (C=O) groups excluding carboxylic acids is 1. The number of amides is 1. The molecule has 2 aromatic rings. The van der Waals surface area contributed by atoms with Crippen LogP contribution in [0, 0.1) is 5.92 Å². The Morgan fingerprint density at radius 2 is 2.08 bits per heavy atom. The minimum Gasteiger partial charge on any atom is -0.374 e. The molecule has 1 aliphatic heterocycles. The van der Waals surface area contributed by atoms with Crippen molar-refractivity contribution in [2.75, 3.05) is 13.2 Å². The number of fused-ring (bicyclic) bond motifs is 1. The summed E-state index contributed by atoms with van der Waals surface area (Å²) in [7, 11) is 0. The van der Waals surface area contributed by atoms with E-state index in [9.17, 15) is 4.79 Å². The molecule has 0 N–H and O–H groups in total. The van der Waals surface area contributed by atoms with Gasteiger partial charge in [-0.15, -0.1) is 5.10 Å². The Hall–Kier alpha value is -2.21. The second kappa shape index (κ2) is 7.58. The van der Waals surface area contributed by atoms with Gasteiger partial charge in [-0.25, -0.2) is 4.68 Å². The van der Waals surface area contributed by atoms with Gasteiger partial charge in [0.15, 0.2) is 0 Å². The molecule has 2 heterocycles. The van der Waals surface area contributed by atoms with Crippen LogP contribution in [0.3, 0.4) is 0 Å². The van der Waals surface area contributed by atoms with Gasteiger partial charge in [0.2, 0.25) is 5.91 Å². The Morgan fingerprint density at radius 1 is 1.27 bits per heavy atom. The van der Waals surface area contributed by atoms with Crippen molar-refractivity contribution in [1.82, 2.24) is 19.9 Å². The average Bonchev–Trinajstić information content (AvgIpc) is 3.38. The number of carbonyl (C=O) groups is 1. The summed E-state index contributed by atoms with van der Waals surface area (Å²) in [6, 6.07) is 9.99. The van der Waals surface area contributed by atoms with Crippen LogP contribution in [0.1, 0.15) is 49.2 Å². The van der Waals surface area contributed by atoms with Gasteiger partial charge in [-0.05, 0) is 31.2 Å². The molecule has 6 nitrogen and oxygen atoms in total. The largest absolute Gasteiger partial charge is 0.374 e. The summed E-state index contributed by atoms with van der Waals surface area (Å²) >= 11 is 0.